The number of nitrogens with one attached hydrogen (secondary N) is 1. The fourth-order valence-electron chi connectivity index (χ4n) is 0.619. The van der Waals surface area contributed by atoms with E-state index >= 15 is 0 Å². The largest absolute Gasteiger partial charge is 0.378 e. The number of hydrogen-bond donors (Lipinski definition) is 1. The van der Waals surface area contributed by atoms with Crippen LogP contribution in [-0.4, -0.2) is 39.5 Å². The van der Waals surface area contributed by atoms with E-state index in [1.807, 2.05) is 20.9 Å². The monoisotopic (exact) mass is 161 g/mol. The fourth-order valence-corrected chi connectivity index (χ4v) is 0.619. The molecule has 0 unspecified atom stereocenters. The van der Waals surface area contributed by atoms with Crippen LogP contribution in [0.3, 0.4) is 0 Å². The maximum absolute atomic E-state index is 5.28. The summed E-state index contributed by atoms with van der Waals surface area (Å²) in [6.45, 7) is 7.10. The minimum absolute atomic E-state index is 0.308. The Morgan fingerprint density at radius 3 is 2.45 bits per heavy atom. The summed E-state index contributed by atoms with van der Waals surface area (Å²) in [4.78, 5) is 0. The van der Waals surface area contributed by atoms with Crippen molar-refractivity contribution in [3.63, 3.8) is 0 Å². The number of likely N-dealkylation sites (N-methyl/N-ethyl adjacent to an activating group) is 1. The van der Waals surface area contributed by atoms with Crippen LogP contribution in [0, 0.1) is 0 Å². The number of hydrogen-bond acceptors (Lipinski definition) is 3. The first-order valence-electron chi connectivity index (χ1n) is 4.11. The van der Waals surface area contributed by atoms with E-state index in [0.29, 0.717) is 19.3 Å². The lowest BCUT2D eigenvalue weighted by molar-refractivity contribution is 0.0207. The summed E-state index contributed by atoms with van der Waals surface area (Å²) in [5, 5.41) is 3.00. The molecule has 0 aromatic carbocycles. The highest BCUT2D eigenvalue weighted by Gasteiger charge is 1.91. The van der Waals surface area contributed by atoms with Gasteiger partial charge in [0.05, 0.1) is 25.9 Å². The summed E-state index contributed by atoms with van der Waals surface area (Å²) in [5.74, 6) is 0. The number of ether oxygens (including phenoxy) is 2. The Bertz CT molecular complexity index is 76.5. The quantitative estimate of drug-likeness (QED) is 0.556. The number of rotatable bonds is 7. The van der Waals surface area contributed by atoms with Gasteiger partial charge in [0.25, 0.3) is 0 Å². The van der Waals surface area contributed by atoms with E-state index in [0.717, 1.165) is 13.2 Å². The van der Waals surface area contributed by atoms with Gasteiger partial charge in [-0.05, 0) is 20.9 Å². The summed E-state index contributed by atoms with van der Waals surface area (Å²) < 4.78 is 10.5. The average molecular weight is 161 g/mol. The molecule has 1 N–H and O–H groups in total. The maximum atomic E-state index is 5.28. The third kappa shape index (κ3) is 9.88. The molecule has 0 aliphatic carbocycles. The van der Waals surface area contributed by atoms with Crippen LogP contribution in [0.4, 0.5) is 0 Å². The second-order valence-corrected chi connectivity index (χ2v) is 2.64. The molecular formula is C8H19NO2. The summed E-state index contributed by atoms with van der Waals surface area (Å²) >= 11 is 0. The first-order chi connectivity index (χ1) is 5.27. The minimum atomic E-state index is 0.308. The van der Waals surface area contributed by atoms with E-state index in [1.54, 1.807) is 0 Å². The molecule has 0 fully saturated rings. The standard InChI is InChI=1S/C8H19NO2/c1-8(2)11-7-6-10-5-4-9-3/h8-9H,4-7H2,1-3H3. The van der Waals surface area contributed by atoms with E-state index in [9.17, 15) is 0 Å². The molecule has 0 radical (unpaired) electrons. The zero-order valence-corrected chi connectivity index (χ0v) is 7.72. The summed E-state index contributed by atoms with van der Waals surface area (Å²) in [7, 11) is 1.91. The van der Waals surface area contributed by atoms with Gasteiger partial charge in [0.2, 0.25) is 0 Å². The SMILES string of the molecule is CNCCOCCOC(C)C. The Morgan fingerprint density at radius 2 is 1.91 bits per heavy atom. The van der Waals surface area contributed by atoms with Crippen molar-refractivity contribution < 1.29 is 9.47 Å². The molecule has 0 aliphatic heterocycles. The molecule has 0 spiro atoms. The molecule has 3 nitrogen and oxygen atoms in total. The second kappa shape index (κ2) is 7.98. The predicted molar refractivity (Wildman–Crippen MR) is 45.8 cm³/mol. The van der Waals surface area contributed by atoms with E-state index in [4.69, 9.17) is 9.47 Å². The summed E-state index contributed by atoms with van der Waals surface area (Å²) in [6.07, 6.45) is 0.308. The Labute approximate surface area is 69.1 Å². The van der Waals surface area contributed by atoms with Gasteiger partial charge in [-0.25, -0.2) is 0 Å². The molecule has 0 atom stereocenters. The molecule has 0 heterocycles. The summed E-state index contributed by atoms with van der Waals surface area (Å²) in [5.41, 5.74) is 0. The highest BCUT2D eigenvalue weighted by molar-refractivity contribution is 4.38. The van der Waals surface area contributed by atoms with Crippen LogP contribution in [0.15, 0.2) is 0 Å². The highest BCUT2D eigenvalue weighted by Crippen LogP contribution is 1.86. The van der Waals surface area contributed by atoms with E-state index < -0.39 is 0 Å². The predicted octanol–water partition coefficient (Wildman–Crippen LogP) is 0.647. The Balaban J connectivity index is 2.80. The molecular weight excluding hydrogens is 142 g/mol. The van der Waals surface area contributed by atoms with E-state index in [2.05, 4.69) is 5.32 Å². The molecule has 0 saturated heterocycles. The van der Waals surface area contributed by atoms with Crippen molar-refractivity contribution in [2.45, 2.75) is 20.0 Å². The zero-order chi connectivity index (χ0) is 8.53. The normalized spacial score (nSPS) is 10.9. The third-order valence-corrected chi connectivity index (χ3v) is 1.18. The van der Waals surface area contributed by atoms with Crippen molar-refractivity contribution in [2.24, 2.45) is 0 Å². The van der Waals surface area contributed by atoms with Crippen LogP contribution in [0.5, 0.6) is 0 Å². The van der Waals surface area contributed by atoms with Gasteiger partial charge in [-0.2, -0.15) is 0 Å². The Hall–Kier alpha value is -0.120. The molecule has 11 heavy (non-hydrogen) atoms. The molecule has 0 aromatic rings. The van der Waals surface area contributed by atoms with Crippen molar-refractivity contribution in [3.8, 4) is 0 Å². The molecule has 68 valence electrons. The molecule has 3 heteroatoms. The van der Waals surface area contributed by atoms with Gasteiger partial charge >= 0.3 is 0 Å². The van der Waals surface area contributed by atoms with Crippen LogP contribution in [-0.2, 0) is 9.47 Å². The molecule has 0 aliphatic rings. The van der Waals surface area contributed by atoms with Gasteiger partial charge in [-0.3, -0.25) is 0 Å². The van der Waals surface area contributed by atoms with Gasteiger partial charge in [-0.15, -0.1) is 0 Å². The van der Waals surface area contributed by atoms with Gasteiger partial charge < -0.3 is 14.8 Å². The van der Waals surface area contributed by atoms with Crippen LogP contribution in [0.1, 0.15) is 13.8 Å². The lowest BCUT2D eigenvalue weighted by Crippen LogP contribution is -2.17. The van der Waals surface area contributed by atoms with Crippen molar-refractivity contribution >= 4 is 0 Å². The van der Waals surface area contributed by atoms with Gasteiger partial charge in [-0.1, -0.05) is 0 Å². The summed E-state index contributed by atoms with van der Waals surface area (Å²) in [6, 6.07) is 0. The molecule has 0 bridgehead atoms. The van der Waals surface area contributed by atoms with E-state index in [1.165, 1.54) is 0 Å². The van der Waals surface area contributed by atoms with Crippen LogP contribution < -0.4 is 5.32 Å². The van der Waals surface area contributed by atoms with Crippen LogP contribution in [0.2, 0.25) is 0 Å². The minimum Gasteiger partial charge on any atom is -0.378 e. The van der Waals surface area contributed by atoms with Crippen LogP contribution in [0.25, 0.3) is 0 Å². The lowest BCUT2D eigenvalue weighted by Gasteiger charge is -2.07. The van der Waals surface area contributed by atoms with Gasteiger partial charge in [0.15, 0.2) is 0 Å². The van der Waals surface area contributed by atoms with Crippen LogP contribution >= 0.6 is 0 Å². The molecule has 0 rings (SSSR count). The van der Waals surface area contributed by atoms with Crippen molar-refractivity contribution in [2.75, 3.05) is 33.4 Å². The first kappa shape index (κ1) is 10.9. The lowest BCUT2D eigenvalue weighted by atomic mass is 10.5. The maximum Gasteiger partial charge on any atom is 0.0703 e. The third-order valence-electron chi connectivity index (χ3n) is 1.18. The van der Waals surface area contributed by atoms with Crippen molar-refractivity contribution in [1.29, 1.82) is 0 Å². The first-order valence-corrected chi connectivity index (χ1v) is 4.11. The van der Waals surface area contributed by atoms with Crippen molar-refractivity contribution in [3.05, 3.63) is 0 Å². The van der Waals surface area contributed by atoms with Gasteiger partial charge in [0, 0.05) is 6.54 Å². The Morgan fingerprint density at radius 1 is 1.18 bits per heavy atom. The van der Waals surface area contributed by atoms with Gasteiger partial charge in [0.1, 0.15) is 0 Å². The van der Waals surface area contributed by atoms with Crippen molar-refractivity contribution in [1.82, 2.24) is 5.32 Å². The second-order valence-electron chi connectivity index (χ2n) is 2.64. The van der Waals surface area contributed by atoms with E-state index in [-0.39, 0.29) is 0 Å². The average Bonchev–Trinajstić information content (AvgIpc) is 1.96. The highest BCUT2D eigenvalue weighted by atomic mass is 16.5. The molecule has 0 saturated carbocycles. The molecule has 0 aromatic heterocycles. The zero-order valence-electron chi connectivity index (χ0n) is 7.72. The Kier molecular flexibility index (Phi) is 7.89. The topological polar surface area (TPSA) is 30.5 Å². The molecule has 0 amide bonds. The fraction of sp³-hybridized carbons (Fsp3) is 1.00. The smallest absolute Gasteiger partial charge is 0.0703 e.